The van der Waals surface area contributed by atoms with Crippen molar-refractivity contribution in [2.75, 3.05) is 7.15 Å². The van der Waals surface area contributed by atoms with E-state index in [1.54, 1.807) is 22.3 Å². The Labute approximate surface area is 399 Å². The minimum Gasteiger partial charge on any atom is -0.0575 e. The largest absolute Gasteiger partial charge is 0.0575 e. The summed E-state index contributed by atoms with van der Waals surface area (Å²) in [6.07, 6.45) is 27.6. The summed E-state index contributed by atoms with van der Waals surface area (Å²) in [7, 11) is 3.34. The van der Waals surface area contributed by atoms with E-state index < -0.39 is 7.15 Å². The molecule has 0 aromatic heterocycles. The molecule has 0 saturated heterocycles. The molecule has 0 heterocycles. The first-order valence-corrected chi connectivity index (χ1v) is 26.1. The van der Waals surface area contributed by atoms with Crippen molar-refractivity contribution in [2.24, 2.45) is 4.30 Å². The second-order valence-electron chi connectivity index (χ2n) is 19.2. The van der Waals surface area contributed by atoms with Crippen LogP contribution >= 0.6 is 44.7 Å². The molecule has 1 radical (unpaired) electrons. The average molecular weight is 984 g/mol. The van der Waals surface area contributed by atoms with Crippen LogP contribution in [0.3, 0.4) is 0 Å². The summed E-state index contributed by atoms with van der Waals surface area (Å²) in [5, 5.41) is 17.7. The standard InChI is InChI=1S/C28H28Br2.C28H30.CH3F.BHNS/c29-25-15-23(17-7-3-1-4-8-17)19-11-13-22-26(30)16-24(18-9-5-2-6-10-18)20-12-14-21(25)27(19)28(20)22;1-3-7-19(8-4-1)23-15-11-21-14-18-26-24(20-9-5-2-6-10-20)16-12-22-13-17-25(23)27(21)28(22)26;1-2;1-2-3/h11-18H,1-10H2;11-20H,1-10H2;1H3;3H/i;;1D;. The van der Waals surface area contributed by atoms with Gasteiger partial charge in [0.2, 0.25) is 0 Å². The fourth-order valence-corrected chi connectivity index (χ4v) is 14.0. The van der Waals surface area contributed by atoms with Crippen LogP contribution in [-0.4, -0.2) is 14.8 Å². The third-order valence-corrected chi connectivity index (χ3v) is 17.1. The Morgan fingerprint density at radius 1 is 0.444 bits per heavy atom. The number of hydrogen-bond donors (Lipinski definition) is 1. The van der Waals surface area contributed by atoms with E-state index in [1.807, 2.05) is 0 Å². The van der Waals surface area contributed by atoms with Gasteiger partial charge in [0.15, 0.2) is 0 Å². The van der Waals surface area contributed by atoms with Crippen molar-refractivity contribution in [3.05, 3.63) is 116 Å². The smallest absolute Gasteiger partial charge is 0.00238 e. The molecule has 325 valence electrons. The topological polar surface area (TPSA) is 12.4 Å². The molecule has 0 N–H and O–H groups in total. The van der Waals surface area contributed by atoms with Crippen molar-refractivity contribution >= 4 is 117 Å². The molecule has 1 nitrogen and oxygen atoms in total. The van der Waals surface area contributed by atoms with Gasteiger partial charge >= 0.3 is 24.8 Å². The Morgan fingerprint density at radius 3 is 1.03 bits per heavy atom. The number of benzene rings is 8. The zero-order valence-corrected chi connectivity index (χ0v) is 40.9. The van der Waals surface area contributed by atoms with Crippen molar-refractivity contribution in [1.82, 2.24) is 0 Å². The summed E-state index contributed by atoms with van der Waals surface area (Å²) in [5.41, 5.74) is 6.37. The maximum Gasteiger partial charge on any atom is -0.00238 e. The molecule has 0 atom stereocenters. The first kappa shape index (κ1) is 43.8. The van der Waals surface area contributed by atoms with Gasteiger partial charge < -0.3 is 0 Å². The summed E-state index contributed by atoms with van der Waals surface area (Å²) in [6, 6.07) is 33.8. The van der Waals surface area contributed by atoms with E-state index in [9.17, 15) is 4.39 Å². The fraction of sp³-hybridized carbons (Fsp3) is 0.439. The molecule has 8 aromatic rings. The van der Waals surface area contributed by atoms with Gasteiger partial charge in [-0.1, -0.05) is 182 Å². The van der Waals surface area contributed by atoms with Crippen molar-refractivity contribution in [3.63, 3.8) is 0 Å². The molecule has 8 aromatic carbocycles. The van der Waals surface area contributed by atoms with Crippen molar-refractivity contribution in [2.45, 2.75) is 152 Å². The first-order chi connectivity index (χ1) is 31.4. The van der Waals surface area contributed by atoms with Gasteiger partial charge in [-0.3, -0.25) is 4.39 Å². The Morgan fingerprint density at radius 2 is 0.698 bits per heavy atom. The van der Waals surface area contributed by atoms with Crippen molar-refractivity contribution < 1.29 is 5.76 Å². The molecule has 0 spiro atoms. The van der Waals surface area contributed by atoms with E-state index in [-0.39, 0.29) is 0 Å². The molecule has 4 fully saturated rings. The van der Waals surface area contributed by atoms with Crippen LogP contribution < -0.4 is 0 Å². The molecule has 12 rings (SSSR count). The van der Waals surface area contributed by atoms with Crippen LogP contribution in [0, 0.1) is 0 Å². The molecule has 4 aliphatic carbocycles. The Balaban J connectivity index is 0.000000145. The minimum atomic E-state index is -1.00. The number of halogens is 3. The first-order valence-electron chi connectivity index (χ1n) is 24.9. The SMILES string of the molecule is Brc1cc(C2CCCCC2)c2ccc3c(Br)cc(C4CCCCC4)c4ccc1c2c34.[2H]CF.[B]=NS.c1cc2ccc3c(C4CCCCC4)ccc4ccc(c1C1CCCCC1)c2c43. The number of nitrogens with zero attached hydrogens (tertiary/aromatic N) is 1. The normalized spacial score (nSPS) is 18.6. The predicted molar refractivity (Wildman–Crippen MR) is 283 cm³/mol. The molecule has 6 heteroatoms. The van der Waals surface area contributed by atoms with Gasteiger partial charge in [0.1, 0.15) is 0 Å². The zero-order valence-electron chi connectivity index (χ0n) is 37.8. The maximum atomic E-state index is 9.96. The molecule has 4 saturated carbocycles. The van der Waals surface area contributed by atoms with E-state index >= 15 is 0 Å². The van der Waals surface area contributed by atoms with E-state index in [0.29, 0.717) is 11.8 Å². The van der Waals surface area contributed by atoms with Gasteiger partial charge in [0.05, 0.1) is 8.52 Å². The summed E-state index contributed by atoms with van der Waals surface area (Å²) >= 11 is 11.1. The second-order valence-corrected chi connectivity index (χ2v) is 21.1. The number of hydrogen-bond acceptors (Lipinski definition) is 2. The van der Waals surface area contributed by atoms with Crippen LogP contribution in [0.1, 0.15) is 176 Å². The van der Waals surface area contributed by atoms with Gasteiger partial charge in [0, 0.05) is 8.95 Å². The predicted octanol–water partition coefficient (Wildman–Crippen LogP) is 19.7. The van der Waals surface area contributed by atoms with Crippen LogP contribution in [0.2, 0.25) is 0 Å². The quantitative estimate of drug-likeness (QED) is 0.102. The third-order valence-electron chi connectivity index (χ3n) is 15.8. The molecule has 0 aliphatic heterocycles. The Bertz CT molecular complexity index is 2650. The van der Waals surface area contributed by atoms with Gasteiger partial charge in [-0.25, -0.2) is 0 Å². The van der Waals surface area contributed by atoms with E-state index in [4.69, 9.17) is 1.37 Å². The zero-order chi connectivity index (χ0) is 44.2. The molecule has 0 bridgehead atoms. The Hall–Kier alpha value is -3.06. The molecular weight excluding hydrogens is 920 g/mol. The summed E-state index contributed by atoms with van der Waals surface area (Å²) in [5.74, 6) is 2.94. The molecule has 4 aliphatic rings. The van der Waals surface area contributed by atoms with Gasteiger partial charge in [-0.05, 0) is 174 Å². The minimum absolute atomic E-state index is 0.709. The number of rotatable bonds is 4. The number of thiol groups is 1. The van der Waals surface area contributed by atoms with E-state index in [0.717, 1.165) is 11.8 Å². The number of alkyl halides is 1. The fourth-order valence-electron chi connectivity index (χ4n) is 12.8. The molecule has 0 amide bonds. The van der Waals surface area contributed by atoms with Crippen LogP contribution in [0.15, 0.2) is 98.2 Å². The van der Waals surface area contributed by atoms with Gasteiger partial charge in [-0.2, -0.15) is 0 Å². The van der Waals surface area contributed by atoms with Crippen LogP contribution in [-0.2, 0) is 0 Å². The summed E-state index contributed by atoms with van der Waals surface area (Å²) in [6.45, 7) is 0. The van der Waals surface area contributed by atoms with Crippen LogP contribution in [0.25, 0.3) is 64.6 Å². The second kappa shape index (κ2) is 20.6. The van der Waals surface area contributed by atoms with Crippen molar-refractivity contribution in [3.8, 4) is 0 Å². The van der Waals surface area contributed by atoms with E-state index in [1.165, 1.54) is 202 Å². The Kier molecular flexibility index (Phi) is 14.3. The average Bonchev–Trinajstić information content (AvgIpc) is 3.35. The summed E-state index contributed by atoms with van der Waals surface area (Å²) < 4.78 is 20.7. The van der Waals surface area contributed by atoms with Gasteiger partial charge in [0.25, 0.3) is 0 Å². The van der Waals surface area contributed by atoms with Gasteiger partial charge in [-0.15, -0.1) is 0 Å². The summed E-state index contributed by atoms with van der Waals surface area (Å²) in [4.78, 5) is 0. The molecule has 0 unspecified atom stereocenters. The van der Waals surface area contributed by atoms with E-state index in [2.05, 4.69) is 142 Å². The van der Waals surface area contributed by atoms with Crippen molar-refractivity contribution in [1.29, 1.82) is 0 Å². The molecular formula is C57H62BBr2FNS. The maximum absolute atomic E-state index is 9.96. The monoisotopic (exact) mass is 981 g/mol. The third kappa shape index (κ3) is 8.85. The van der Waals surface area contributed by atoms with Crippen LogP contribution in [0.4, 0.5) is 4.39 Å². The molecule has 63 heavy (non-hydrogen) atoms. The van der Waals surface area contributed by atoms with Crippen LogP contribution in [0.5, 0.6) is 0 Å².